The Morgan fingerprint density at radius 3 is 2.55 bits per heavy atom. The van der Waals surface area contributed by atoms with E-state index in [4.69, 9.17) is 4.74 Å². The van der Waals surface area contributed by atoms with Gasteiger partial charge in [-0.1, -0.05) is 0 Å². The van der Waals surface area contributed by atoms with Gasteiger partial charge < -0.3 is 26.8 Å². The van der Waals surface area contributed by atoms with E-state index in [2.05, 4.69) is 4.99 Å². The van der Waals surface area contributed by atoms with Crippen LogP contribution in [0.1, 0.15) is 20.8 Å². The van der Waals surface area contributed by atoms with Crippen LogP contribution in [-0.2, 0) is 19.1 Å². The number of amides is 1. The molecule has 1 saturated heterocycles. The van der Waals surface area contributed by atoms with Crippen LogP contribution in [0.2, 0.25) is 0 Å². The summed E-state index contributed by atoms with van der Waals surface area (Å²) in [5.74, 6) is -1.51. The van der Waals surface area contributed by atoms with E-state index in [1.165, 1.54) is 23.6 Å². The maximum atomic E-state index is 12.2. The highest BCUT2D eigenvalue weighted by Gasteiger charge is 2.57. The molecule has 122 valence electrons. The highest BCUT2D eigenvalue weighted by Crippen LogP contribution is 2.38. The molecule has 0 radical (unpaired) electrons. The fourth-order valence-electron chi connectivity index (χ4n) is 2.29. The number of nitrogens with one attached hydrogen (secondary N) is 1. The summed E-state index contributed by atoms with van der Waals surface area (Å²) in [5.41, 5.74) is 1.29. The Morgan fingerprint density at radius 1 is 1.41 bits per heavy atom. The molecule has 0 saturated carbocycles. The number of carboxylic acids is 1. The molecule has 0 aliphatic carbocycles. The van der Waals surface area contributed by atoms with E-state index in [9.17, 15) is 19.5 Å². The average molecular weight is 393 g/mol. The molecule has 9 heteroatoms. The Bertz CT molecular complexity index is 571. The van der Waals surface area contributed by atoms with Crippen molar-refractivity contribution in [1.29, 1.82) is 0 Å². The number of carbonyl (C=O) groups is 3. The summed E-state index contributed by atoms with van der Waals surface area (Å²) in [6.07, 6.45) is 0. The molecular weight excluding hydrogens is 376 g/mol. The third-order valence-electron chi connectivity index (χ3n) is 3.14. The molecule has 2 atom stereocenters. The lowest BCUT2D eigenvalue weighted by molar-refractivity contribution is -0.503. The molecule has 1 fully saturated rings. The van der Waals surface area contributed by atoms with E-state index >= 15 is 0 Å². The van der Waals surface area contributed by atoms with E-state index in [-0.39, 0.29) is 40.6 Å². The van der Waals surface area contributed by atoms with Crippen molar-refractivity contribution in [2.45, 2.75) is 32.2 Å². The SMILES string of the molecule is CC(=O)OCC1=C(C(=O)O)N2C(=O)C([NH+]=C(C)C)[C@H]2SC1.[Br-]. The van der Waals surface area contributed by atoms with Crippen LogP contribution >= 0.6 is 11.8 Å². The zero-order valence-electron chi connectivity index (χ0n) is 12.4. The van der Waals surface area contributed by atoms with Crippen molar-refractivity contribution in [2.75, 3.05) is 12.4 Å². The zero-order valence-corrected chi connectivity index (χ0v) is 14.8. The summed E-state index contributed by atoms with van der Waals surface area (Å²) in [7, 11) is 0. The Kier molecular flexibility index (Phi) is 6.18. The molecule has 2 rings (SSSR count). The van der Waals surface area contributed by atoms with Crippen LogP contribution in [0, 0.1) is 0 Å². The Morgan fingerprint density at radius 2 is 2.05 bits per heavy atom. The predicted molar refractivity (Wildman–Crippen MR) is 75.5 cm³/mol. The third-order valence-corrected chi connectivity index (χ3v) is 4.48. The standard InChI is InChI=1S/C13H16N2O5S.BrH/c1-6(2)14-9-11(17)15-10(13(18)19)8(4-20-7(3)16)5-21-12(9)15;/h9,12H,4-5H2,1-3H3,(H,18,19);1H/t9?,12-;/m1./s1. The molecule has 0 spiro atoms. The first-order valence-corrected chi connectivity index (χ1v) is 7.48. The summed E-state index contributed by atoms with van der Waals surface area (Å²) in [4.78, 5) is 38.8. The number of nitrogens with zero attached hydrogens (tertiary/aromatic N) is 1. The van der Waals surface area contributed by atoms with Gasteiger partial charge in [0, 0.05) is 32.1 Å². The van der Waals surface area contributed by atoms with Crippen LogP contribution in [0.4, 0.5) is 0 Å². The van der Waals surface area contributed by atoms with Gasteiger partial charge in [-0.25, -0.2) is 9.79 Å². The average Bonchev–Trinajstić information content (AvgIpc) is 2.40. The predicted octanol–water partition coefficient (Wildman–Crippen LogP) is -4.26. The van der Waals surface area contributed by atoms with Gasteiger partial charge in [0.15, 0.2) is 5.37 Å². The first-order valence-electron chi connectivity index (χ1n) is 6.43. The number of thioether (sulfide) groups is 1. The highest BCUT2D eigenvalue weighted by molar-refractivity contribution is 8.00. The molecule has 0 aromatic rings. The van der Waals surface area contributed by atoms with E-state index in [1.54, 1.807) is 0 Å². The number of halogens is 1. The van der Waals surface area contributed by atoms with Crippen molar-refractivity contribution in [1.82, 2.24) is 4.90 Å². The molecule has 0 bridgehead atoms. The van der Waals surface area contributed by atoms with Crippen molar-refractivity contribution in [3.8, 4) is 0 Å². The van der Waals surface area contributed by atoms with Gasteiger partial charge in [0.1, 0.15) is 18.0 Å². The maximum Gasteiger partial charge on any atom is 0.352 e. The Balaban J connectivity index is 0.00000242. The minimum absolute atomic E-state index is 0. The molecule has 2 aliphatic rings. The molecule has 2 N–H and O–H groups in total. The van der Waals surface area contributed by atoms with E-state index in [0.717, 1.165) is 5.71 Å². The quantitative estimate of drug-likeness (QED) is 0.285. The molecule has 2 heterocycles. The Hall–Kier alpha value is -1.35. The topological polar surface area (TPSA) is 97.9 Å². The van der Waals surface area contributed by atoms with Gasteiger partial charge in [-0.2, -0.15) is 0 Å². The minimum Gasteiger partial charge on any atom is -1.00 e. The van der Waals surface area contributed by atoms with Gasteiger partial charge in [-0.05, 0) is 0 Å². The van der Waals surface area contributed by atoms with E-state index < -0.39 is 18.0 Å². The van der Waals surface area contributed by atoms with Crippen LogP contribution < -0.4 is 22.0 Å². The fraction of sp³-hybridized carbons (Fsp3) is 0.538. The summed E-state index contributed by atoms with van der Waals surface area (Å²) in [6, 6.07) is -0.398. The van der Waals surface area contributed by atoms with Gasteiger partial charge in [0.2, 0.25) is 0 Å². The number of fused-ring (bicyclic) bond motifs is 1. The lowest BCUT2D eigenvalue weighted by Crippen LogP contribution is -3.00. The lowest BCUT2D eigenvalue weighted by atomic mass is 10.0. The normalized spacial score (nSPS) is 23.0. The molecule has 1 unspecified atom stereocenters. The molecular formula is C13H17BrN2O5S. The number of esters is 1. The minimum atomic E-state index is -1.17. The lowest BCUT2D eigenvalue weighted by Gasteiger charge is -2.44. The fourth-order valence-corrected chi connectivity index (χ4v) is 3.62. The summed E-state index contributed by atoms with van der Waals surface area (Å²) < 4.78 is 4.86. The maximum absolute atomic E-state index is 12.2. The molecule has 0 aromatic carbocycles. The second kappa shape index (κ2) is 7.28. The van der Waals surface area contributed by atoms with Crippen molar-refractivity contribution < 1.29 is 46.2 Å². The number of rotatable bonds is 4. The molecule has 1 amide bonds. The van der Waals surface area contributed by atoms with Crippen molar-refractivity contribution >= 4 is 35.3 Å². The van der Waals surface area contributed by atoms with Crippen LogP contribution in [0.15, 0.2) is 11.3 Å². The van der Waals surface area contributed by atoms with Gasteiger partial charge in [-0.15, -0.1) is 11.8 Å². The van der Waals surface area contributed by atoms with Gasteiger partial charge in [0.05, 0.1) is 0 Å². The number of hydrogen-bond donors (Lipinski definition) is 2. The van der Waals surface area contributed by atoms with Gasteiger partial charge in [-0.3, -0.25) is 14.5 Å². The second-order valence-electron chi connectivity index (χ2n) is 5.07. The summed E-state index contributed by atoms with van der Waals surface area (Å²) in [6.45, 7) is 4.86. The molecule has 0 aromatic heterocycles. The molecule has 7 nitrogen and oxygen atoms in total. The van der Waals surface area contributed by atoms with Crippen LogP contribution in [0.3, 0.4) is 0 Å². The van der Waals surface area contributed by atoms with E-state index in [1.807, 2.05) is 13.8 Å². The molecule has 22 heavy (non-hydrogen) atoms. The van der Waals surface area contributed by atoms with Crippen molar-refractivity contribution in [2.24, 2.45) is 0 Å². The van der Waals surface area contributed by atoms with E-state index in [0.29, 0.717) is 11.3 Å². The van der Waals surface area contributed by atoms with Gasteiger partial charge >= 0.3 is 11.9 Å². The van der Waals surface area contributed by atoms with Crippen molar-refractivity contribution in [3.05, 3.63) is 11.3 Å². The number of hydrogen-bond acceptors (Lipinski definition) is 5. The van der Waals surface area contributed by atoms with Crippen LogP contribution in [0.25, 0.3) is 0 Å². The number of ether oxygens (including phenoxy) is 1. The number of β-lactam (4-membered cyclic amide) rings is 1. The van der Waals surface area contributed by atoms with Gasteiger partial charge in [0.25, 0.3) is 11.9 Å². The third kappa shape index (κ3) is 3.52. The van der Waals surface area contributed by atoms with Crippen LogP contribution in [-0.4, -0.2) is 57.3 Å². The van der Waals surface area contributed by atoms with Crippen LogP contribution in [0.5, 0.6) is 0 Å². The first kappa shape index (κ1) is 18.7. The summed E-state index contributed by atoms with van der Waals surface area (Å²) >= 11 is 1.46. The summed E-state index contributed by atoms with van der Waals surface area (Å²) in [5, 5.41) is 9.12. The highest BCUT2D eigenvalue weighted by atomic mass is 79.9. The van der Waals surface area contributed by atoms with Crippen molar-refractivity contribution in [3.63, 3.8) is 0 Å². The largest absolute Gasteiger partial charge is 1.00 e. The number of aliphatic carboxylic acids is 1. The smallest absolute Gasteiger partial charge is 0.352 e. The first-order chi connectivity index (χ1) is 9.82. The number of carboxylic acid groups (broad SMARTS) is 1. The second-order valence-corrected chi connectivity index (χ2v) is 6.17. The zero-order chi connectivity index (χ0) is 15.7. The Labute approximate surface area is 142 Å². The monoisotopic (exact) mass is 392 g/mol. The number of carbonyl (C=O) groups excluding carboxylic acids is 2. The molecule has 2 aliphatic heterocycles.